The average Bonchev–Trinajstić information content (AvgIpc) is 2.87. The van der Waals surface area contributed by atoms with Crippen molar-refractivity contribution in [1.82, 2.24) is 4.98 Å². The molecule has 0 radical (unpaired) electrons. The molecule has 90 valence electrons. The van der Waals surface area contributed by atoms with Crippen LogP contribution in [0.15, 0.2) is 34.9 Å². The van der Waals surface area contributed by atoms with Gasteiger partial charge in [-0.1, -0.05) is 19.1 Å². The van der Waals surface area contributed by atoms with Crippen molar-refractivity contribution >= 4 is 11.7 Å². The van der Waals surface area contributed by atoms with Crippen molar-refractivity contribution in [3.63, 3.8) is 0 Å². The van der Waals surface area contributed by atoms with Gasteiger partial charge in [0.2, 0.25) is 0 Å². The molecule has 4 nitrogen and oxygen atoms in total. The van der Waals surface area contributed by atoms with E-state index in [-0.39, 0.29) is 6.61 Å². The molecule has 0 saturated heterocycles. The molecule has 1 heterocycles. The molecule has 0 amide bonds. The maximum atomic E-state index is 8.93. The molecule has 1 aromatic heterocycles. The van der Waals surface area contributed by atoms with Crippen molar-refractivity contribution < 1.29 is 9.52 Å². The van der Waals surface area contributed by atoms with Crippen LogP contribution < -0.4 is 4.90 Å². The third kappa shape index (κ3) is 2.47. The Morgan fingerprint density at radius 2 is 2.00 bits per heavy atom. The topological polar surface area (TPSA) is 49.5 Å². The maximum absolute atomic E-state index is 8.93. The zero-order valence-corrected chi connectivity index (χ0v) is 10.1. The van der Waals surface area contributed by atoms with Crippen LogP contribution in [0.4, 0.5) is 11.7 Å². The highest BCUT2D eigenvalue weighted by atomic mass is 16.4. The van der Waals surface area contributed by atoms with Crippen LogP contribution in [-0.2, 0) is 13.0 Å². The minimum absolute atomic E-state index is 0.105. The van der Waals surface area contributed by atoms with E-state index in [1.807, 2.05) is 24.1 Å². The molecule has 0 aliphatic carbocycles. The van der Waals surface area contributed by atoms with E-state index in [1.165, 1.54) is 11.8 Å². The number of aromatic nitrogens is 1. The minimum Gasteiger partial charge on any atom is -0.431 e. The molecule has 0 aliphatic rings. The Balaban J connectivity index is 2.20. The summed E-state index contributed by atoms with van der Waals surface area (Å²) in [5, 5.41) is 8.93. The summed E-state index contributed by atoms with van der Waals surface area (Å²) in [6.45, 7) is 2.02. The maximum Gasteiger partial charge on any atom is 0.301 e. The lowest BCUT2D eigenvalue weighted by Crippen LogP contribution is -2.09. The summed E-state index contributed by atoms with van der Waals surface area (Å²) in [4.78, 5) is 6.00. The Kier molecular flexibility index (Phi) is 3.44. The first-order valence-electron chi connectivity index (χ1n) is 5.62. The van der Waals surface area contributed by atoms with E-state index in [2.05, 4.69) is 24.0 Å². The summed E-state index contributed by atoms with van der Waals surface area (Å²) in [7, 11) is 1.88. The third-order valence-corrected chi connectivity index (χ3v) is 2.72. The van der Waals surface area contributed by atoms with Gasteiger partial charge in [-0.15, -0.1) is 0 Å². The molecule has 0 atom stereocenters. The van der Waals surface area contributed by atoms with Crippen molar-refractivity contribution in [3.05, 3.63) is 41.8 Å². The number of rotatable bonds is 4. The highest BCUT2D eigenvalue weighted by molar-refractivity contribution is 5.55. The Hall–Kier alpha value is -1.81. The van der Waals surface area contributed by atoms with Crippen molar-refractivity contribution in [3.8, 4) is 0 Å². The normalized spacial score (nSPS) is 10.5. The number of benzene rings is 1. The molecule has 4 heteroatoms. The number of aryl methyl sites for hydroxylation is 1. The standard InChI is InChI=1S/C13H16N2O2/c1-3-10-4-6-12(7-5-10)15(2)13-14-11(8-16)9-17-13/h4-7,9,16H,3,8H2,1-2H3. The molecule has 0 saturated carbocycles. The number of aliphatic hydroxyl groups is 1. The van der Waals surface area contributed by atoms with Crippen LogP contribution in [0.1, 0.15) is 18.2 Å². The lowest BCUT2D eigenvalue weighted by molar-refractivity contribution is 0.276. The molecule has 17 heavy (non-hydrogen) atoms. The minimum atomic E-state index is -0.105. The van der Waals surface area contributed by atoms with E-state index in [9.17, 15) is 0 Å². The van der Waals surface area contributed by atoms with Gasteiger partial charge in [-0.2, -0.15) is 4.98 Å². The number of oxazole rings is 1. The number of nitrogens with zero attached hydrogens (tertiary/aromatic N) is 2. The van der Waals surface area contributed by atoms with Gasteiger partial charge in [0.25, 0.3) is 0 Å². The SMILES string of the molecule is CCc1ccc(N(C)c2nc(CO)co2)cc1. The third-order valence-electron chi connectivity index (χ3n) is 2.72. The van der Waals surface area contributed by atoms with Crippen LogP contribution in [0.2, 0.25) is 0 Å². The van der Waals surface area contributed by atoms with E-state index in [0.717, 1.165) is 12.1 Å². The second kappa shape index (κ2) is 5.01. The second-order valence-electron chi connectivity index (χ2n) is 3.86. The molecule has 0 unspecified atom stereocenters. The Labute approximate surface area is 101 Å². The molecular weight excluding hydrogens is 216 g/mol. The molecule has 0 spiro atoms. The van der Waals surface area contributed by atoms with Crippen LogP contribution in [0, 0.1) is 0 Å². The highest BCUT2D eigenvalue weighted by Crippen LogP contribution is 2.23. The fourth-order valence-corrected chi connectivity index (χ4v) is 1.59. The Morgan fingerprint density at radius 3 is 2.53 bits per heavy atom. The molecule has 2 rings (SSSR count). The molecule has 1 aromatic carbocycles. The van der Waals surface area contributed by atoms with Crippen LogP contribution in [0.25, 0.3) is 0 Å². The predicted molar refractivity (Wildman–Crippen MR) is 66.3 cm³/mol. The van der Waals surface area contributed by atoms with Crippen molar-refractivity contribution in [2.75, 3.05) is 11.9 Å². The molecule has 0 fully saturated rings. The molecule has 0 aliphatic heterocycles. The second-order valence-corrected chi connectivity index (χ2v) is 3.86. The van der Waals surface area contributed by atoms with Gasteiger partial charge in [-0.3, -0.25) is 4.90 Å². The quantitative estimate of drug-likeness (QED) is 0.879. The molecule has 0 bridgehead atoms. The summed E-state index contributed by atoms with van der Waals surface area (Å²) < 4.78 is 5.28. The summed E-state index contributed by atoms with van der Waals surface area (Å²) in [6, 6.07) is 8.71. The van der Waals surface area contributed by atoms with Crippen molar-refractivity contribution in [1.29, 1.82) is 0 Å². The van der Waals surface area contributed by atoms with Crippen LogP contribution in [0.5, 0.6) is 0 Å². The molecule has 1 N–H and O–H groups in total. The van der Waals surface area contributed by atoms with Crippen molar-refractivity contribution in [2.45, 2.75) is 20.0 Å². The van der Waals surface area contributed by atoms with E-state index in [1.54, 1.807) is 0 Å². The average molecular weight is 232 g/mol. The summed E-state index contributed by atoms with van der Waals surface area (Å²) in [5.41, 5.74) is 2.84. The predicted octanol–water partition coefficient (Wildman–Crippen LogP) is 2.50. The first-order valence-corrected chi connectivity index (χ1v) is 5.62. The molecular formula is C13H16N2O2. The number of aliphatic hydroxyl groups excluding tert-OH is 1. The van der Waals surface area contributed by atoms with Gasteiger partial charge in [0, 0.05) is 12.7 Å². The van der Waals surface area contributed by atoms with Gasteiger partial charge in [0.1, 0.15) is 12.0 Å². The first-order chi connectivity index (χ1) is 8.24. The first kappa shape index (κ1) is 11.7. The van der Waals surface area contributed by atoms with Gasteiger partial charge in [0.15, 0.2) is 0 Å². The smallest absolute Gasteiger partial charge is 0.301 e. The van der Waals surface area contributed by atoms with Crippen LogP contribution in [-0.4, -0.2) is 17.1 Å². The number of anilines is 2. The lowest BCUT2D eigenvalue weighted by Gasteiger charge is -2.14. The van der Waals surface area contributed by atoms with Gasteiger partial charge in [-0.25, -0.2) is 0 Å². The van der Waals surface area contributed by atoms with Crippen LogP contribution in [0.3, 0.4) is 0 Å². The fourth-order valence-electron chi connectivity index (χ4n) is 1.59. The van der Waals surface area contributed by atoms with Gasteiger partial charge < -0.3 is 9.52 Å². The Bertz CT molecular complexity index is 476. The van der Waals surface area contributed by atoms with Gasteiger partial charge in [0.05, 0.1) is 6.61 Å². The largest absolute Gasteiger partial charge is 0.431 e. The van der Waals surface area contributed by atoms with Crippen LogP contribution >= 0.6 is 0 Å². The number of hydrogen-bond acceptors (Lipinski definition) is 4. The summed E-state index contributed by atoms with van der Waals surface area (Å²) >= 11 is 0. The van der Waals surface area contributed by atoms with E-state index in [4.69, 9.17) is 9.52 Å². The van der Waals surface area contributed by atoms with E-state index >= 15 is 0 Å². The zero-order valence-electron chi connectivity index (χ0n) is 10.1. The van der Waals surface area contributed by atoms with E-state index in [0.29, 0.717) is 11.7 Å². The monoisotopic (exact) mass is 232 g/mol. The zero-order chi connectivity index (χ0) is 12.3. The lowest BCUT2D eigenvalue weighted by atomic mass is 10.1. The number of hydrogen-bond donors (Lipinski definition) is 1. The fraction of sp³-hybridized carbons (Fsp3) is 0.308. The van der Waals surface area contributed by atoms with Crippen molar-refractivity contribution in [2.24, 2.45) is 0 Å². The Morgan fingerprint density at radius 1 is 1.29 bits per heavy atom. The van der Waals surface area contributed by atoms with E-state index < -0.39 is 0 Å². The molecule has 2 aromatic rings. The van der Waals surface area contributed by atoms with Gasteiger partial charge in [-0.05, 0) is 24.1 Å². The summed E-state index contributed by atoms with van der Waals surface area (Å²) in [5.74, 6) is 0. The highest BCUT2D eigenvalue weighted by Gasteiger charge is 2.10. The summed E-state index contributed by atoms with van der Waals surface area (Å²) in [6.07, 6.45) is 2.49. The van der Waals surface area contributed by atoms with Gasteiger partial charge >= 0.3 is 6.01 Å².